The van der Waals surface area contributed by atoms with Gasteiger partial charge >= 0.3 is 0 Å². The molecule has 1 aliphatic heterocycles. The second kappa shape index (κ2) is 7.85. The Kier molecular flexibility index (Phi) is 5.71. The monoisotopic (exact) mass is 395 g/mol. The summed E-state index contributed by atoms with van der Waals surface area (Å²) >= 11 is 0. The summed E-state index contributed by atoms with van der Waals surface area (Å²) < 4.78 is 43.5. The van der Waals surface area contributed by atoms with Crippen LogP contribution in [0.1, 0.15) is 50.3 Å². The fraction of sp³-hybridized carbons (Fsp3) is 0.556. The van der Waals surface area contributed by atoms with Crippen molar-refractivity contribution in [2.24, 2.45) is 0 Å². The fourth-order valence-electron chi connectivity index (χ4n) is 3.11. The van der Waals surface area contributed by atoms with Crippen molar-refractivity contribution in [3.8, 4) is 11.5 Å². The molecule has 148 valence electrons. The minimum atomic E-state index is -3.60. The number of piperidine rings is 1. The molecule has 0 aliphatic carbocycles. The van der Waals surface area contributed by atoms with E-state index in [4.69, 9.17) is 13.9 Å². The molecule has 0 unspecified atom stereocenters. The third-order valence-corrected chi connectivity index (χ3v) is 6.64. The van der Waals surface area contributed by atoms with Crippen molar-refractivity contribution in [2.45, 2.75) is 43.4 Å². The van der Waals surface area contributed by atoms with E-state index in [0.717, 1.165) is 0 Å². The number of ether oxygens (including phenoxy) is 2. The van der Waals surface area contributed by atoms with Crippen LogP contribution in [0.15, 0.2) is 27.5 Å². The highest BCUT2D eigenvalue weighted by Crippen LogP contribution is 2.34. The summed E-state index contributed by atoms with van der Waals surface area (Å²) in [7, 11) is -0.608. The SMILES string of the molecule is COc1ccc(S(=O)(=O)N2CCC(c3nnc(C(C)C)o3)CC2)cc1OC. The van der Waals surface area contributed by atoms with E-state index in [0.29, 0.717) is 49.2 Å². The zero-order chi connectivity index (χ0) is 19.6. The molecule has 1 aromatic heterocycles. The van der Waals surface area contributed by atoms with Crippen LogP contribution in [-0.4, -0.2) is 50.2 Å². The molecule has 3 rings (SSSR count). The zero-order valence-corrected chi connectivity index (χ0v) is 16.8. The average molecular weight is 395 g/mol. The quantitative estimate of drug-likeness (QED) is 0.742. The summed E-state index contributed by atoms with van der Waals surface area (Å²) in [5, 5.41) is 8.20. The Morgan fingerprint density at radius 3 is 2.33 bits per heavy atom. The van der Waals surface area contributed by atoms with Gasteiger partial charge in [-0.1, -0.05) is 13.8 Å². The van der Waals surface area contributed by atoms with Crippen molar-refractivity contribution in [1.82, 2.24) is 14.5 Å². The van der Waals surface area contributed by atoms with E-state index in [1.165, 1.54) is 30.7 Å². The molecule has 1 fully saturated rings. The van der Waals surface area contributed by atoms with Crippen LogP contribution in [0, 0.1) is 0 Å². The van der Waals surface area contributed by atoms with E-state index >= 15 is 0 Å². The van der Waals surface area contributed by atoms with Crippen molar-refractivity contribution in [3.05, 3.63) is 30.0 Å². The molecule has 2 heterocycles. The number of rotatable bonds is 6. The van der Waals surface area contributed by atoms with Crippen molar-refractivity contribution in [3.63, 3.8) is 0 Å². The van der Waals surface area contributed by atoms with Crippen LogP contribution in [-0.2, 0) is 10.0 Å². The summed E-state index contributed by atoms with van der Waals surface area (Å²) in [4.78, 5) is 0.193. The van der Waals surface area contributed by atoms with Crippen molar-refractivity contribution in [2.75, 3.05) is 27.3 Å². The maximum Gasteiger partial charge on any atom is 0.243 e. The van der Waals surface area contributed by atoms with E-state index in [2.05, 4.69) is 10.2 Å². The minimum Gasteiger partial charge on any atom is -0.493 e. The van der Waals surface area contributed by atoms with Crippen LogP contribution >= 0.6 is 0 Å². The Bertz CT molecular complexity index is 886. The van der Waals surface area contributed by atoms with Gasteiger partial charge in [-0.2, -0.15) is 4.31 Å². The summed E-state index contributed by atoms with van der Waals surface area (Å²) in [5.74, 6) is 2.36. The number of hydrogen-bond acceptors (Lipinski definition) is 7. The molecule has 27 heavy (non-hydrogen) atoms. The first-order valence-electron chi connectivity index (χ1n) is 8.92. The van der Waals surface area contributed by atoms with Gasteiger partial charge in [-0.25, -0.2) is 8.42 Å². The molecule has 0 saturated carbocycles. The lowest BCUT2D eigenvalue weighted by Crippen LogP contribution is -2.38. The standard InChI is InChI=1S/C18H25N3O5S/c1-12(2)17-19-20-18(26-17)13-7-9-21(10-8-13)27(22,23)14-5-6-15(24-3)16(11-14)25-4/h5-6,11-13H,7-10H2,1-4H3. The summed E-state index contributed by atoms with van der Waals surface area (Å²) in [6, 6.07) is 4.63. The third kappa shape index (κ3) is 3.93. The van der Waals surface area contributed by atoms with E-state index in [9.17, 15) is 8.42 Å². The largest absolute Gasteiger partial charge is 0.493 e. The van der Waals surface area contributed by atoms with Crippen LogP contribution in [0.2, 0.25) is 0 Å². The minimum absolute atomic E-state index is 0.0850. The van der Waals surface area contributed by atoms with Gasteiger partial charge in [-0.05, 0) is 25.0 Å². The van der Waals surface area contributed by atoms with E-state index in [-0.39, 0.29) is 16.7 Å². The van der Waals surface area contributed by atoms with Gasteiger partial charge in [0.25, 0.3) is 0 Å². The number of sulfonamides is 1. The molecule has 1 saturated heterocycles. The van der Waals surface area contributed by atoms with Gasteiger partial charge in [0.05, 0.1) is 19.1 Å². The van der Waals surface area contributed by atoms with Crippen LogP contribution in [0.25, 0.3) is 0 Å². The highest BCUT2D eigenvalue weighted by molar-refractivity contribution is 7.89. The predicted molar refractivity (Wildman–Crippen MR) is 98.7 cm³/mol. The second-order valence-corrected chi connectivity index (χ2v) is 8.77. The zero-order valence-electron chi connectivity index (χ0n) is 16.0. The van der Waals surface area contributed by atoms with E-state index < -0.39 is 10.0 Å². The second-order valence-electron chi connectivity index (χ2n) is 6.83. The van der Waals surface area contributed by atoms with Crippen LogP contribution in [0.4, 0.5) is 0 Å². The van der Waals surface area contributed by atoms with Gasteiger partial charge < -0.3 is 13.9 Å². The lowest BCUT2D eigenvalue weighted by atomic mass is 9.98. The molecule has 1 aromatic carbocycles. The molecular weight excluding hydrogens is 370 g/mol. The van der Waals surface area contributed by atoms with Gasteiger partial charge in [-0.15, -0.1) is 10.2 Å². The number of nitrogens with zero attached hydrogens (tertiary/aromatic N) is 3. The number of aromatic nitrogens is 2. The van der Waals surface area contributed by atoms with E-state index in [1.807, 2.05) is 13.8 Å². The molecule has 0 amide bonds. The van der Waals surface area contributed by atoms with Crippen molar-refractivity contribution in [1.29, 1.82) is 0 Å². The third-order valence-electron chi connectivity index (χ3n) is 4.75. The number of benzene rings is 1. The van der Waals surface area contributed by atoms with Crippen molar-refractivity contribution >= 4 is 10.0 Å². The Morgan fingerprint density at radius 2 is 1.78 bits per heavy atom. The molecule has 0 bridgehead atoms. The fourth-order valence-corrected chi connectivity index (χ4v) is 4.60. The number of methoxy groups -OCH3 is 2. The van der Waals surface area contributed by atoms with Gasteiger partial charge in [0, 0.05) is 31.0 Å². The molecular formula is C18H25N3O5S. The topological polar surface area (TPSA) is 94.8 Å². The molecule has 0 spiro atoms. The Hall–Kier alpha value is -2.13. The lowest BCUT2D eigenvalue weighted by Gasteiger charge is -2.29. The smallest absolute Gasteiger partial charge is 0.243 e. The summed E-state index contributed by atoms with van der Waals surface area (Å²) in [6.07, 6.45) is 1.29. The predicted octanol–water partition coefficient (Wildman–Crippen LogP) is 2.78. The molecule has 0 N–H and O–H groups in total. The lowest BCUT2D eigenvalue weighted by molar-refractivity contribution is 0.284. The summed E-state index contributed by atoms with van der Waals surface area (Å²) in [5.41, 5.74) is 0. The highest BCUT2D eigenvalue weighted by Gasteiger charge is 2.32. The first-order valence-corrected chi connectivity index (χ1v) is 10.4. The average Bonchev–Trinajstić information content (AvgIpc) is 3.18. The Balaban J connectivity index is 1.72. The summed E-state index contributed by atoms with van der Waals surface area (Å²) in [6.45, 7) is 4.80. The molecule has 0 atom stereocenters. The highest BCUT2D eigenvalue weighted by atomic mass is 32.2. The van der Waals surface area contributed by atoms with Crippen molar-refractivity contribution < 1.29 is 22.3 Å². The van der Waals surface area contributed by atoms with Gasteiger partial charge in [0.2, 0.25) is 21.8 Å². The van der Waals surface area contributed by atoms with Gasteiger partial charge in [0.15, 0.2) is 11.5 Å². The van der Waals surface area contributed by atoms with Crippen LogP contribution in [0.3, 0.4) is 0 Å². The molecule has 1 aliphatic rings. The number of hydrogen-bond donors (Lipinski definition) is 0. The first-order chi connectivity index (χ1) is 12.9. The van der Waals surface area contributed by atoms with Gasteiger partial charge in [-0.3, -0.25) is 0 Å². The molecule has 0 radical (unpaired) electrons. The van der Waals surface area contributed by atoms with Gasteiger partial charge in [0.1, 0.15) is 0 Å². The normalized spacial score (nSPS) is 16.6. The Labute approximate surface area is 159 Å². The molecule has 9 heteroatoms. The molecule has 2 aromatic rings. The van der Waals surface area contributed by atoms with Crippen LogP contribution < -0.4 is 9.47 Å². The molecule has 8 nitrogen and oxygen atoms in total. The maximum atomic E-state index is 13.0. The Morgan fingerprint density at radius 1 is 1.11 bits per heavy atom. The van der Waals surface area contributed by atoms with Crippen LogP contribution in [0.5, 0.6) is 11.5 Å². The maximum absolute atomic E-state index is 13.0. The van der Waals surface area contributed by atoms with E-state index in [1.54, 1.807) is 6.07 Å². The first kappa shape index (κ1) is 19.6.